The van der Waals surface area contributed by atoms with Gasteiger partial charge in [-0.2, -0.15) is 0 Å². The van der Waals surface area contributed by atoms with Gasteiger partial charge in [0.05, 0.1) is 5.97 Å². The Balaban J connectivity index is 2.53. The van der Waals surface area contributed by atoms with E-state index in [1.807, 2.05) is 26.0 Å². The number of rotatable bonds is 3. The van der Waals surface area contributed by atoms with Gasteiger partial charge in [-0.05, 0) is 36.6 Å². The lowest BCUT2D eigenvalue weighted by Crippen LogP contribution is -2.24. The monoisotopic (exact) mass is 307 g/mol. The molecule has 0 saturated carbocycles. The van der Waals surface area contributed by atoms with E-state index in [-0.39, 0.29) is 5.56 Å². The van der Waals surface area contributed by atoms with E-state index in [0.29, 0.717) is 22.0 Å². The van der Waals surface area contributed by atoms with Crippen molar-refractivity contribution < 1.29 is 9.90 Å². The van der Waals surface area contributed by atoms with Crippen molar-refractivity contribution in [1.29, 1.82) is 0 Å². The third-order valence-corrected chi connectivity index (χ3v) is 4.11. The second-order valence-corrected chi connectivity index (χ2v) is 5.57. The van der Waals surface area contributed by atoms with Gasteiger partial charge in [0.15, 0.2) is 0 Å². The molecule has 4 heteroatoms. The molecule has 0 spiro atoms. The number of carboxylic acids is 1. The molecule has 0 fully saturated rings. The molecule has 0 N–H and O–H groups in total. The third kappa shape index (κ3) is 2.97. The van der Waals surface area contributed by atoms with Crippen molar-refractivity contribution in [3.63, 3.8) is 0 Å². The average molecular weight is 308 g/mol. The Morgan fingerprint density at radius 1 is 1.15 bits per heavy atom. The van der Waals surface area contributed by atoms with Gasteiger partial charge < -0.3 is 9.90 Å². The molecule has 2 aromatic rings. The van der Waals surface area contributed by atoms with Gasteiger partial charge in [-0.25, -0.2) is 0 Å². The summed E-state index contributed by atoms with van der Waals surface area (Å²) in [5.74, 6) is -1.19. The van der Waals surface area contributed by atoms with Crippen LogP contribution >= 0.6 is 23.2 Å². The highest BCUT2D eigenvalue weighted by Gasteiger charge is 2.12. The maximum Gasteiger partial charge on any atom is 0.0718 e. The van der Waals surface area contributed by atoms with E-state index in [2.05, 4.69) is 0 Å². The van der Waals surface area contributed by atoms with Gasteiger partial charge in [0.25, 0.3) is 0 Å². The number of carboxylic acid groups (broad SMARTS) is 1. The number of aryl methyl sites for hydroxylation is 2. The predicted molar refractivity (Wildman–Crippen MR) is 79.5 cm³/mol. The Morgan fingerprint density at radius 2 is 1.85 bits per heavy atom. The largest absolute Gasteiger partial charge is 0.545 e. The van der Waals surface area contributed by atoms with Crippen LogP contribution in [-0.2, 0) is 6.42 Å². The van der Waals surface area contributed by atoms with Crippen LogP contribution in [0.1, 0.15) is 32.6 Å². The summed E-state index contributed by atoms with van der Waals surface area (Å²) in [6.45, 7) is 3.79. The van der Waals surface area contributed by atoms with Crippen LogP contribution in [0.4, 0.5) is 0 Å². The van der Waals surface area contributed by atoms with E-state index in [9.17, 15) is 9.90 Å². The van der Waals surface area contributed by atoms with Crippen LogP contribution in [0.25, 0.3) is 0 Å². The first-order chi connectivity index (χ1) is 9.40. The van der Waals surface area contributed by atoms with Crippen LogP contribution in [0.5, 0.6) is 0 Å². The Kier molecular flexibility index (Phi) is 4.36. The Morgan fingerprint density at radius 3 is 2.50 bits per heavy atom. The summed E-state index contributed by atoms with van der Waals surface area (Å²) in [6, 6.07) is 8.72. The van der Waals surface area contributed by atoms with E-state index in [4.69, 9.17) is 23.2 Å². The van der Waals surface area contributed by atoms with Crippen LogP contribution in [0.2, 0.25) is 10.0 Å². The highest BCUT2D eigenvalue weighted by atomic mass is 35.5. The highest BCUT2D eigenvalue weighted by Crippen LogP contribution is 2.30. The summed E-state index contributed by atoms with van der Waals surface area (Å²) < 4.78 is 0. The van der Waals surface area contributed by atoms with Crippen molar-refractivity contribution >= 4 is 29.2 Å². The van der Waals surface area contributed by atoms with Crippen molar-refractivity contribution in [3.8, 4) is 0 Å². The normalized spacial score (nSPS) is 10.6. The average Bonchev–Trinajstić information content (AvgIpc) is 2.39. The lowest BCUT2D eigenvalue weighted by atomic mass is 9.97. The van der Waals surface area contributed by atoms with Crippen LogP contribution in [0.15, 0.2) is 30.3 Å². The zero-order valence-corrected chi connectivity index (χ0v) is 12.7. The molecule has 0 aromatic heterocycles. The zero-order chi connectivity index (χ0) is 14.9. The van der Waals surface area contributed by atoms with Crippen LogP contribution in [-0.4, -0.2) is 5.97 Å². The quantitative estimate of drug-likeness (QED) is 0.870. The summed E-state index contributed by atoms with van der Waals surface area (Å²) in [6.07, 6.45) is 0.365. The minimum atomic E-state index is -1.19. The Labute approximate surface area is 128 Å². The van der Waals surface area contributed by atoms with Crippen molar-refractivity contribution in [2.45, 2.75) is 20.3 Å². The first-order valence-electron chi connectivity index (χ1n) is 6.14. The van der Waals surface area contributed by atoms with E-state index in [1.165, 1.54) is 0 Å². The summed E-state index contributed by atoms with van der Waals surface area (Å²) in [5.41, 5.74) is 3.45. The fraction of sp³-hybridized carbons (Fsp3) is 0.188. The smallest absolute Gasteiger partial charge is 0.0718 e. The summed E-state index contributed by atoms with van der Waals surface area (Å²) in [5, 5.41) is 12.3. The fourth-order valence-electron chi connectivity index (χ4n) is 2.14. The maximum atomic E-state index is 11.2. The minimum Gasteiger partial charge on any atom is -0.545 e. The number of benzene rings is 2. The first-order valence-corrected chi connectivity index (χ1v) is 6.90. The number of halogens is 2. The van der Waals surface area contributed by atoms with Crippen LogP contribution < -0.4 is 5.11 Å². The van der Waals surface area contributed by atoms with Gasteiger partial charge >= 0.3 is 0 Å². The minimum absolute atomic E-state index is 0.171. The van der Waals surface area contributed by atoms with E-state index < -0.39 is 5.97 Å². The Hall–Kier alpha value is -1.51. The van der Waals surface area contributed by atoms with Gasteiger partial charge in [-0.3, -0.25) is 0 Å². The molecular formula is C16H13Cl2O2-. The molecule has 2 nitrogen and oxygen atoms in total. The van der Waals surface area contributed by atoms with Crippen LogP contribution in [0, 0.1) is 13.8 Å². The van der Waals surface area contributed by atoms with Crippen molar-refractivity contribution in [2.24, 2.45) is 0 Å². The molecule has 0 heterocycles. The van der Waals surface area contributed by atoms with Gasteiger partial charge in [-0.15, -0.1) is 0 Å². The van der Waals surface area contributed by atoms with Gasteiger partial charge in [0.1, 0.15) is 0 Å². The van der Waals surface area contributed by atoms with Gasteiger partial charge in [-0.1, -0.05) is 53.0 Å². The molecule has 20 heavy (non-hydrogen) atoms. The molecule has 0 aliphatic rings. The summed E-state index contributed by atoms with van der Waals surface area (Å²) >= 11 is 12.4. The van der Waals surface area contributed by atoms with Crippen LogP contribution in [0.3, 0.4) is 0 Å². The lowest BCUT2D eigenvalue weighted by molar-refractivity contribution is -0.255. The van der Waals surface area contributed by atoms with Crippen molar-refractivity contribution in [2.75, 3.05) is 0 Å². The molecule has 2 aromatic carbocycles. The summed E-state index contributed by atoms with van der Waals surface area (Å²) in [7, 11) is 0. The summed E-state index contributed by atoms with van der Waals surface area (Å²) in [4.78, 5) is 11.2. The van der Waals surface area contributed by atoms with Crippen molar-refractivity contribution in [3.05, 3.63) is 68.2 Å². The van der Waals surface area contributed by atoms with E-state index in [1.54, 1.807) is 18.2 Å². The highest BCUT2D eigenvalue weighted by molar-refractivity contribution is 6.36. The molecule has 0 atom stereocenters. The fourth-order valence-corrected chi connectivity index (χ4v) is 2.64. The topological polar surface area (TPSA) is 40.1 Å². The number of hydrogen-bond donors (Lipinski definition) is 0. The number of hydrogen-bond acceptors (Lipinski definition) is 2. The number of aromatic carboxylic acids is 1. The lowest BCUT2D eigenvalue weighted by Gasteiger charge is -2.14. The van der Waals surface area contributed by atoms with Gasteiger partial charge in [0.2, 0.25) is 0 Å². The SMILES string of the molecule is Cc1ccc(C(=O)[O-])c(Cc2c(Cl)ccc(C)c2Cl)c1. The number of carbonyl (C=O) groups is 1. The predicted octanol–water partition coefficient (Wildman–Crippen LogP) is 3.56. The Bertz CT molecular complexity index is 678. The van der Waals surface area contributed by atoms with Gasteiger partial charge in [0, 0.05) is 22.0 Å². The zero-order valence-electron chi connectivity index (χ0n) is 11.2. The molecule has 0 aliphatic carbocycles. The maximum absolute atomic E-state index is 11.2. The molecule has 0 amide bonds. The molecule has 0 unspecified atom stereocenters. The second-order valence-electron chi connectivity index (χ2n) is 4.78. The standard InChI is InChI=1S/C16H14Cl2O2/c1-9-3-5-12(16(19)20)11(7-9)8-13-14(17)6-4-10(2)15(13)18/h3-7H,8H2,1-2H3,(H,19,20)/p-1. The molecular weight excluding hydrogens is 295 g/mol. The molecule has 0 bridgehead atoms. The van der Waals surface area contributed by atoms with E-state index in [0.717, 1.165) is 16.7 Å². The third-order valence-electron chi connectivity index (χ3n) is 3.23. The molecule has 0 saturated heterocycles. The number of carbonyl (C=O) groups excluding carboxylic acids is 1. The molecule has 0 radical (unpaired) electrons. The second kappa shape index (κ2) is 5.86. The van der Waals surface area contributed by atoms with E-state index >= 15 is 0 Å². The molecule has 0 aliphatic heterocycles. The van der Waals surface area contributed by atoms with Crippen molar-refractivity contribution in [1.82, 2.24) is 0 Å². The molecule has 104 valence electrons. The first kappa shape index (κ1) is 14.9. The molecule has 2 rings (SSSR count).